The second-order valence-corrected chi connectivity index (χ2v) is 9.04. The molecule has 170 valence electrons. The SMILES string of the molecule is C[C@H](NC(=O)c1cc(NC(=O)Nc2cccc(Br)c2)ccc1N1CCCC1)c1ccccc1. The fourth-order valence-corrected chi connectivity index (χ4v) is 4.39. The van der Waals surface area contributed by atoms with Crippen molar-refractivity contribution in [1.29, 1.82) is 0 Å². The number of carbonyl (C=O) groups excluding carboxylic acids is 2. The number of anilines is 3. The third-order valence-corrected chi connectivity index (χ3v) is 6.17. The van der Waals surface area contributed by atoms with Crippen LogP contribution in [0.5, 0.6) is 0 Å². The first-order valence-corrected chi connectivity index (χ1v) is 11.9. The van der Waals surface area contributed by atoms with E-state index in [1.54, 1.807) is 6.07 Å². The first kappa shape index (κ1) is 22.9. The Kier molecular flexibility index (Phi) is 7.29. The summed E-state index contributed by atoms with van der Waals surface area (Å²) >= 11 is 3.40. The van der Waals surface area contributed by atoms with E-state index in [0.717, 1.165) is 41.7 Å². The van der Waals surface area contributed by atoms with E-state index in [1.807, 2.05) is 73.7 Å². The number of nitrogens with one attached hydrogen (secondary N) is 3. The van der Waals surface area contributed by atoms with Crippen LogP contribution in [0.1, 0.15) is 41.7 Å². The lowest BCUT2D eigenvalue weighted by atomic mass is 10.1. The molecule has 1 atom stereocenters. The number of carbonyl (C=O) groups is 2. The average molecular weight is 507 g/mol. The number of hydrogen-bond donors (Lipinski definition) is 3. The summed E-state index contributed by atoms with van der Waals surface area (Å²) in [6, 6.07) is 22.2. The number of halogens is 1. The molecule has 1 fully saturated rings. The Hall–Kier alpha value is -3.32. The van der Waals surface area contributed by atoms with Gasteiger partial charge in [-0.25, -0.2) is 4.79 Å². The Morgan fingerprint density at radius 2 is 1.58 bits per heavy atom. The third-order valence-electron chi connectivity index (χ3n) is 5.68. The minimum Gasteiger partial charge on any atom is -0.371 e. The van der Waals surface area contributed by atoms with Crippen LogP contribution in [0.25, 0.3) is 0 Å². The molecule has 0 unspecified atom stereocenters. The Morgan fingerprint density at radius 1 is 0.879 bits per heavy atom. The van der Waals surface area contributed by atoms with Crippen molar-refractivity contribution in [3.8, 4) is 0 Å². The molecule has 3 amide bonds. The van der Waals surface area contributed by atoms with Gasteiger partial charge in [-0.1, -0.05) is 52.3 Å². The van der Waals surface area contributed by atoms with E-state index in [4.69, 9.17) is 0 Å². The van der Waals surface area contributed by atoms with Gasteiger partial charge in [-0.05, 0) is 61.7 Å². The minimum atomic E-state index is -0.369. The highest BCUT2D eigenvalue weighted by molar-refractivity contribution is 9.10. The molecule has 1 heterocycles. The molecular weight excluding hydrogens is 480 g/mol. The van der Waals surface area contributed by atoms with Crippen molar-refractivity contribution >= 4 is 44.9 Å². The molecular formula is C26H27BrN4O2. The van der Waals surface area contributed by atoms with Gasteiger partial charge in [-0.15, -0.1) is 0 Å². The van der Waals surface area contributed by atoms with Crippen molar-refractivity contribution in [3.63, 3.8) is 0 Å². The van der Waals surface area contributed by atoms with Gasteiger partial charge in [0.15, 0.2) is 0 Å². The molecule has 0 spiro atoms. The zero-order valence-electron chi connectivity index (χ0n) is 18.5. The second kappa shape index (κ2) is 10.5. The van der Waals surface area contributed by atoms with E-state index in [9.17, 15) is 9.59 Å². The molecule has 6 nitrogen and oxygen atoms in total. The molecule has 0 aromatic heterocycles. The van der Waals surface area contributed by atoms with Gasteiger partial charge < -0.3 is 20.9 Å². The van der Waals surface area contributed by atoms with E-state index in [0.29, 0.717) is 16.9 Å². The zero-order valence-corrected chi connectivity index (χ0v) is 20.1. The summed E-state index contributed by atoms with van der Waals surface area (Å²) in [6.45, 7) is 3.81. The summed E-state index contributed by atoms with van der Waals surface area (Å²) in [5, 5.41) is 8.76. The van der Waals surface area contributed by atoms with Crippen LogP contribution in [0, 0.1) is 0 Å². The van der Waals surface area contributed by atoms with Crippen LogP contribution in [-0.4, -0.2) is 25.0 Å². The molecule has 0 bridgehead atoms. The Labute approximate surface area is 202 Å². The van der Waals surface area contributed by atoms with E-state index in [-0.39, 0.29) is 18.0 Å². The topological polar surface area (TPSA) is 73.5 Å². The van der Waals surface area contributed by atoms with Gasteiger partial charge in [-0.2, -0.15) is 0 Å². The van der Waals surface area contributed by atoms with E-state index in [2.05, 4.69) is 36.8 Å². The van der Waals surface area contributed by atoms with Crippen LogP contribution in [0.3, 0.4) is 0 Å². The highest BCUT2D eigenvalue weighted by Crippen LogP contribution is 2.28. The molecule has 3 aromatic rings. The Balaban J connectivity index is 1.53. The molecule has 1 aliphatic heterocycles. The predicted molar refractivity (Wildman–Crippen MR) is 137 cm³/mol. The summed E-state index contributed by atoms with van der Waals surface area (Å²) in [7, 11) is 0. The van der Waals surface area contributed by atoms with E-state index >= 15 is 0 Å². The monoisotopic (exact) mass is 506 g/mol. The van der Waals surface area contributed by atoms with Gasteiger partial charge in [-0.3, -0.25) is 4.79 Å². The predicted octanol–water partition coefficient (Wildman–Crippen LogP) is 6.18. The van der Waals surface area contributed by atoms with Gasteiger partial charge in [0.2, 0.25) is 0 Å². The third kappa shape index (κ3) is 5.93. The second-order valence-electron chi connectivity index (χ2n) is 8.12. The quantitative estimate of drug-likeness (QED) is 0.373. The fraction of sp³-hybridized carbons (Fsp3) is 0.231. The van der Waals surface area contributed by atoms with Crippen LogP contribution in [-0.2, 0) is 0 Å². The van der Waals surface area contributed by atoms with Gasteiger partial charge in [0.25, 0.3) is 5.91 Å². The zero-order chi connectivity index (χ0) is 23.2. The van der Waals surface area contributed by atoms with Gasteiger partial charge in [0.1, 0.15) is 0 Å². The van der Waals surface area contributed by atoms with Crippen LogP contribution >= 0.6 is 15.9 Å². The number of nitrogens with zero attached hydrogens (tertiary/aromatic N) is 1. The van der Waals surface area contributed by atoms with Crippen LogP contribution in [0.4, 0.5) is 21.9 Å². The maximum absolute atomic E-state index is 13.3. The highest BCUT2D eigenvalue weighted by atomic mass is 79.9. The molecule has 1 aliphatic rings. The van der Waals surface area contributed by atoms with Crippen LogP contribution in [0.2, 0.25) is 0 Å². The summed E-state index contributed by atoms with van der Waals surface area (Å²) in [5.74, 6) is -0.163. The fourth-order valence-electron chi connectivity index (χ4n) is 3.99. The molecule has 0 radical (unpaired) electrons. The first-order chi connectivity index (χ1) is 16.0. The average Bonchev–Trinajstić information content (AvgIpc) is 3.34. The summed E-state index contributed by atoms with van der Waals surface area (Å²) in [6.07, 6.45) is 2.22. The molecule has 1 saturated heterocycles. The molecule has 0 saturated carbocycles. The highest BCUT2D eigenvalue weighted by Gasteiger charge is 2.22. The number of hydrogen-bond acceptors (Lipinski definition) is 3. The summed E-state index contributed by atoms with van der Waals surface area (Å²) in [5.41, 5.74) is 3.72. The smallest absolute Gasteiger partial charge is 0.323 e. The standard InChI is InChI=1S/C26H27BrN4O2/c1-18(19-8-3-2-4-9-19)28-25(32)23-17-22(12-13-24(23)31-14-5-6-15-31)30-26(33)29-21-11-7-10-20(27)16-21/h2-4,7-13,16-18H,5-6,14-15H2,1H3,(H,28,32)(H2,29,30,33)/t18-/m0/s1. The normalized spacial score (nSPS) is 13.9. The van der Waals surface area contributed by atoms with Crippen molar-refractivity contribution in [2.75, 3.05) is 28.6 Å². The summed E-state index contributed by atoms with van der Waals surface area (Å²) in [4.78, 5) is 28.1. The largest absolute Gasteiger partial charge is 0.371 e. The molecule has 7 heteroatoms. The molecule has 33 heavy (non-hydrogen) atoms. The van der Waals surface area contributed by atoms with Crippen molar-refractivity contribution < 1.29 is 9.59 Å². The molecule has 3 N–H and O–H groups in total. The van der Waals surface area contributed by atoms with E-state index < -0.39 is 0 Å². The molecule has 4 rings (SSSR count). The van der Waals surface area contributed by atoms with Crippen LogP contribution in [0.15, 0.2) is 77.3 Å². The number of urea groups is 1. The van der Waals surface area contributed by atoms with Crippen molar-refractivity contribution in [2.24, 2.45) is 0 Å². The van der Waals surface area contributed by atoms with Gasteiger partial charge in [0.05, 0.1) is 11.6 Å². The lowest BCUT2D eigenvalue weighted by molar-refractivity contribution is 0.0940. The minimum absolute atomic E-state index is 0.137. The number of amides is 3. The number of rotatable bonds is 6. The Morgan fingerprint density at radius 3 is 2.27 bits per heavy atom. The Bertz CT molecular complexity index is 1130. The van der Waals surface area contributed by atoms with Crippen molar-refractivity contribution in [2.45, 2.75) is 25.8 Å². The number of benzene rings is 3. The maximum atomic E-state index is 13.3. The first-order valence-electron chi connectivity index (χ1n) is 11.1. The lowest BCUT2D eigenvalue weighted by Gasteiger charge is -2.23. The summed E-state index contributed by atoms with van der Waals surface area (Å²) < 4.78 is 0.877. The van der Waals surface area contributed by atoms with Gasteiger partial charge in [0, 0.05) is 34.6 Å². The molecule has 3 aromatic carbocycles. The lowest BCUT2D eigenvalue weighted by Crippen LogP contribution is -2.30. The molecule has 0 aliphatic carbocycles. The maximum Gasteiger partial charge on any atom is 0.323 e. The van der Waals surface area contributed by atoms with Crippen molar-refractivity contribution in [1.82, 2.24) is 5.32 Å². The van der Waals surface area contributed by atoms with Gasteiger partial charge >= 0.3 is 6.03 Å². The van der Waals surface area contributed by atoms with E-state index in [1.165, 1.54) is 0 Å². The van der Waals surface area contributed by atoms with Crippen molar-refractivity contribution in [3.05, 3.63) is 88.4 Å². The van der Waals surface area contributed by atoms with Crippen LogP contribution < -0.4 is 20.9 Å².